The van der Waals surface area contributed by atoms with Crippen molar-refractivity contribution in [3.8, 4) is 6.07 Å². The Kier molecular flexibility index (Phi) is 4.50. The quantitative estimate of drug-likeness (QED) is 0.939. The van der Waals surface area contributed by atoms with Crippen molar-refractivity contribution in [2.75, 3.05) is 23.3 Å². The van der Waals surface area contributed by atoms with Gasteiger partial charge in [0.25, 0.3) is 0 Å². The molecule has 3 heterocycles. The number of pyridine rings is 2. The van der Waals surface area contributed by atoms with Gasteiger partial charge in [0.1, 0.15) is 17.7 Å². The summed E-state index contributed by atoms with van der Waals surface area (Å²) in [5, 5.41) is 12.0. The van der Waals surface area contributed by atoms with Gasteiger partial charge in [-0.25, -0.2) is 9.97 Å². The van der Waals surface area contributed by atoms with Crippen molar-refractivity contribution in [3.05, 3.63) is 47.8 Å². The second-order valence-electron chi connectivity index (χ2n) is 5.47. The van der Waals surface area contributed by atoms with Gasteiger partial charge in [0.05, 0.1) is 5.56 Å². The highest BCUT2D eigenvalue weighted by Crippen LogP contribution is 2.18. The summed E-state index contributed by atoms with van der Waals surface area (Å²) in [7, 11) is 0. The number of hydrogen-bond donors (Lipinski definition) is 1. The van der Waals surface area contributed by atoms with Gasteiger partial charge >= 0.3 is 0 Å². The number of piperidine rings is 1. The molecule has 0 saturated carbocycles. The fraction of sp³-hybridized carbons (Fsp3) is 0.353. The third-order valence-corrected chi connectivity index (χ3v) is 3.86. The summed E-state index contributed by atoms with van der Waals surface area (Å²) in [6.07, 6.45) is 7.27. The van der Waals surface area contributed by atoms with E-state index in [1.807, 2.05) is 18.3 Å². The summed E-state index contributed by atoms with van der Waals surface area (Å²) in [5.41, 5.74) is 1.75. The van der Waals surface area contributed by atoms with Crippen molar-refractivity contribution in [2.45, 2.75) is 25.8 Å². The zero-order chi connectivity index (χ0) is 15.2. The smallest absolute Gasteiger partial charge is 0.128 e. The van der Waals surface area contributed by atoms with Crippen LogP contribution in [-0.4, -0.2) is 23.1 Å². The third kappa shape index (κ3) is 3.53. The lowest BCUT2D eigenvalue weighted by molar-refractivity contribution is 0.573. The van der Waals surface area contributed by atoms with Gasteiger partial charge in [-0.15, -0.1) is 0 Å². The summed E-state index contributed by atoms with van der Waals surface area (Å²) in [6, 6.07) is 9.82. The number of nitrogens with zero attached hydrogens (tertiary/aromatic N) is 4. The topological polar surface area (TPSA) is 64.8 Å². The SMILES string of the molecule is N#Cc1ccc(NCc2ccnc(N3CCCCC3)c2)nc1. The maximum Gasteiger partial charge on any atom is 0.128 e. The van der Waals surface area contributed by atoms with Crippen molar-refractivity contribution < 1.29 is 0 Å². The van der Waals surface area contributed by atoms with Gasteiger partial charge in [0.15, 0.2) is 0 Å². The minimum atomic E-state index is 0.571. The molecule has 22 heavy (non-hydrogen) atoms. The standard InChI is InChI=1S/C17H19N5/c18-11-15-4-5-16(21-13-15)20-12-14-6-7-19-17(10-14)22-8-2-1-3-9-22/h4-7,10,13H,1-3,8-9,12H2,(H,20,21). The van der Waals surface area contributed by atoms with Crippen LogP contribution in [0.1, 0.15) is 30.4 Å². The van der Waals surface area contributed by atoms with E-state index < -0.39 is 0 Å². The lowest BCUT2D eigenvalue weighted by Crippen LogP contribution is -2.30. The molecule has 1 fully saturated rings. The minimum absolute atomic E-state index is 0.571. The van der Waals surface area contributed by atoms with E-state index in [0.717, 1.165) is 24.7 Å². The Morgan fingerprint density at radius 2 is 2.00 bits per heavy atom. The van der Waals surface area contributed by atoms with E-state index in [2.05, 4.69) is 32.3 Å². The van der Waals surface area contributed by atoms with E-state index in [9.17, 15) is 0 Å². The molecule has 1 saturated heterocycles. The molecule has 2 aromatic rings. The molecule has 0 spiro atoms. The molecule has 112 valence electrons. The van der Waals surface area contributed by atoms with Gasteiger partial charge in [0.2, 0.25) is 0 Å². The van der Waals surface area contributed by atoms with Crippen molar-refractivity contribution in [1.29, 1.82) is 5.26 Å². The molecule has 0 bridgehead atoms. The van der Waals surface area contributed by atoms with Crippen LogP contribution in [0.15, 0.2) is 36.7 Å². The fourth-order valence-corrected chi connectivity index (χ4v) is 2.62. The summed E-state index contributed by atoms with van der Waals surface area (Å²) >= 11 is 0. The summed E-state index contributed by atoms with van der Waals surface area (Å²) < 4.78 is 0. The van der Waals surface area contributed by atoms with E-state index in [0.29, 0.717) is 12.1 Å². The Hall–Kier alpha value is -2.61. The van der Waals surface area contributed by atoms with Crippen molar-refractivity contribution in [2.24, 2.45) is 0 Å². The van der Waals surface area contributed by atoms with Crippen LogP contribution in [0.4, 0.5) is 11.6 Å². The zero-order valence-electron chi connectivity index (χ0n) is 12.5. The first kappa shape index (κ1) is 14.3. The van der Waals surface area contributed by atoms with Crippen LogP contribution in [0.5, 0.6) is 0 Å². The first-order valence-corrected chi connectivity index (χ1v) is 7.65. The molecule has 0 aromatic carbocycles. The molecule has 5 nitrogen and oxygen atoms in total. The number of anilines is 2. The molecule has 0 atom stereocenters. The second kappa shape index (κ2) is 6.90. The molecule has 0 amide bonds. The Balaban J connectivity index is 1.63. The Morgan fingerprint density at radius 1 is 1.14 bits per heavy atom. The second-order valence-corrected chi connectivity index (χ2v) is 5.47. The number of nitriles is 1. The molecule has 1 N–H and O–H groups in total. The first-order chi connectivity index (χ1) is 10.8. The normalized spacial score (nSPS) is 14.4. The summed E-state index contributed by atoms with van der Waals surface area (Å²) in [4.78, 5) is 11.1. The molecular formula is C17H19N5. The van der Waals surface area contributed by atoms with Crippen LogP contribution in [0.3, 0.4) is 0 Å². The Bertz CT molecular complexity index is 653. The monoisotopic (exact) mass is 293 g/mol. The molecule has 0 radical (unpaired) electrons. The molecule has 5 heteroatoms. The number of rotatable bonds is 4. The molecule has 0 unspecified atom stereocenters. The predicted octanol–water partition coefficient (Wildman–Crippen LogP) is 2.95. The fourth-order valence-electron chi connectivity index (χ4n) is 2.62. The Labute approximate surface area is 130 Å². The highest BCUT2D eigenvalue weighted by atomic mass is 15.2. The lowest BCUT2D eigenvalue weighted by Gasteiger charge is -2.27. The summed E-state index contributed by atoms with van der Waals surface area (Å²) in [6.45, 7) is 2.89. The molecule has 3 rings (SSSR count). The van der Waals surface area contributed by atoms with Gasteiger partial charge in [-0.1, -0.05) is 0 Å². The van der Waals surface area contributed by atoms with Crippen LogP contribution in [-0.2, 0) is 6.54 Å². The van der Waals surface area contributed by atoms with Crippen molar-refractivity contribution >= 4 is 11.6 Å². The largest absolute Gasteiger partial charge is 0.366 e. The van der Waals surface area contributed by atoms with Gasteiger partial charge in [-0.3, -0.25) is 0 Å². The maximum absolute atomic E-state index is 8.77. The predicted molar refractivity (Wildman–Crippen MR) is 86.6 cm³/mol. The van der Waals surface area contributed by atoms with Gasteiger partial charge < -0.3 is 10.2 Å². The highest BCUT2D eigenvalue weighted by molar-refractivity contribution is 5.44. The highest BCUT2D eigenvalue weighted by Gasteiger charge is 2.12. The van der Waals surface area contributed by atoms with Crippen LogP contribution in [0.2, 0.25) is 0 Å². The molecule has 1 aliphatic heterocycles. The van der Waals surface area contributed by atoms with Gasteiger partial charge in [-0.2, -0.15) is 5.26 Å². The van der Waals surface area contributed by atoms with E-state index >= 15 is 0 Å². The zero-order valence-corrected chi connectivity index (χ0v) is 12.5. The molecule has 1 aliphatic rings. The first-order valence-electron chi connectivity index (χ1n) is 7.65. The van der Waals surface area contributed by atoms with Crippen molar-refractivity contribution in [3.63, 3.8) is 0 Å². The van der Waals surface area contributed by atoms with Gasteiger partial charge in [0, 0.05) is 32.0 Å². The maximum atomic E-state index is 8.77. The number of nitrogens with one attached hydrogen (secondary N) is 1. The van der Waals surface area contributed by atoms with E-state index in [-0.39, 0.29) is 0 Å². The average molecular weight is 293 g/mol. The average Bonchev–Trinajstić information content (AvgIpc) is 2.61. The van der Waals surface area contributed by atoms with E-state index in [1.54, 1.807) is 12.3 Å². The van der Waals surface area contributed by atoms with Crippen LogP contribution in [0.25, 0.3) is 0 Å². The van der Waals surface area contributed by atoms with Crippen molar-refractivity contribution in [1.82, 2.24) is 9.97 Å². The van der Waals surface area contributed by atoms with Crippen LogP contribution < -0.4 is 10.2 Å². The third-order valence-electron chi connectivity index (χ3n) is 3.86. The summed E-state index contributed by atoms with van der Waals surface area (Å²) in [5.74, 6) is 1.84. The molecule has 2 aromatic heterocycles. The van der Waals surface area contributed by atoms with E-state index in [4.69, 9.17) is 5.26 Å². The van der Waals surface area contributed by atoms with E-state index in [1.165, 1.54) is 24.8 Å². The molecule has 0 aliphatic carbocycles. The molecular weight excluding hydrogens is 274 g/mol. The van der Waals surface area contributed by atoms with Crippen LogP contribution >= 0.6 is 0 Å². The Morgan fingerprint density at radius 3 is 2.73 bits per heavy atom. The minimum Gasteiger partial charge on any atom is -0.366 e. The number of hydrogen-bond acceptors (Lipinski definition) is 5. The lowest BCUT2D eigenvalue weighted by atomic mass is 10.1. The number of aromatic nitrogens is 2. The van der Waals surface area contributed by atoms with Gasteiger partial charge in [-0.05, 0) is 49.1 Å². The van der Waals surface area contributed by atoms with Crippen LogP contribution in [0, 0.1) is 11.3 Å².